The van der Waals surface area contributed by atoms with Gasteiger partial charge in [-0.2, -0.15) is 0 Å². The van der Waals surface area contributed by atoms with E-state index >= 15 is 0 Å². The summed E-state index contributed by atoms with van der Waals surface area (Å²) in [5.74, 6) is -0.377. The van der Waals surface area contributed by atoms with Gasteiger partial charge >= 0.3 is 11.9 Å². The largest absolute Gasteiger partial charge is 0.464 e. The van der Waals surface area contributed by atoms with Crippen LogP contribution in [-0.2, 0) is 25.2 Å². The first-order chi connectivity index (χ1) is 14.5. The summed E-state index contributed by atoms with van der Waals surface area (Å²) in [6, 6.07) is 28.2. The van der Waals surface area contributed by atoms with Crippen LogP contribution in [0.15, 0.2) is 99.6 Å². The standard InChI is InChI=1S/C24H22BrO4S/c1-18(25)24(27)28-17-16-23(26)29-19-12-14-22(15-13-19)30(20-8-4-2-5-9-20)21-10-6-3-7-11-21/h2-15,18H,16-17H2,1H3/q+1. The molecule has 1 unspecified atom stereocenters. The molecule has 3 rings (SSSR count). The summed E-state index contributed by atoms with van der Waals surface area (Å²) in [7, 11) is -0.253. The van der Waals surface area contributed by atoms with E-state index in [9.17, 15) is 9.59 Å². The van der Waals surface area contributed by atoms with E-state index in [-0.39, 0.29) is 23.9 Å². The number of esters is 2. The van der Waals surface area contributed by atoms with Crippen LogP contribution < -0.4 is 4.74 Å². The Morgan fingerprint density at radius 1 is 0.833 bits per heavy atom. The predicted octanol–water partition coefficient (Wildman–Crippen LogP) is 5.40. The predicted molar refractivity (Wildman–Crippen MR) is 121 cm³/mol. The van der Waals surface area contributed by atoms with Crippen molar-refractivity contribution < 1.29 is 19.1 Å². The Labute approximate surface area is 187 Å². The van der Waals surface area contributed by atoms with E-state index < -0.39 is 16.8 Å². The minimum absolute atomic E-state index is 0.00282. The van der Waals surface area contributed by atoms with Crippen molar-refractivity contribution in [1.82, 2.24) is 0 Å². The van der Waals surface area contributed by atoms with E-state index in [0.29, 0.717) is 5.75 Å². The lowest BCUT2D eigenvalue weighted by Crippen LogP contribution is -2.18. The van der Waals surface area contributed by atoms with E-state index in [0.717, 1.165) is 4.90 Å². The zero-order chi connectivity index (χ0) is 21.3. The van der Waals surface area contributed by atoms with Gasteiger partial charge in [0.2, 0.25) is 0 Å². The molecule has 4 nitrogen and oxygen atoms in total. The Hall–Kier alpha value is -2.57. The zero-order valence-corrected chi connectivity index (χ0v) is 18.9. The van der Waals surface area contributed by atoms with Gasteiger partial charge in [-0.3, -0.25) is 9.59 Å². The minimum atomic E-state index is -0.442. The highest BCUT2D eigenvalue weighted by Crippen LogP contribution is 2.31. The monoisotopic (exact) mass is 485 g/mol. The Balaban J connectivity index is 1.68. The second kappa shape index (κ2) is 11.0. The molecule has 30 heavy (non-hydrogen) atoms. The lowest BCUT2D eigenvalue weighted by molar-refractivity contribution is -0.144. The zero-order valence-electron chi connectivity index (χ0n) is 16.5. The summed E-state index contributed by atoms with van der Waals surface area (Å²) in [4.78, 5) is 26.6. The summed E-state index contributed by atoms with van der Waals surface area (Å²) in [6.45, 7) is 1.66. The summed E-state index contributed by atoms with van der Waals surface area (Å²) < 4.78 is 10.3. The Bertz CT molecular complexity index is 920. The molecule has 1 atom stereocenters. The third-order valence-corrected chi connectivity index (χ3v) is 6.73. The first-order valence-corrected chi connectivity index (χ1v) is 11.6. The molecule has 0 spiro atoms. The van der Waals surface area contributed by atoms with Crippen molar-refractivity contribution in [2.75, 3.05) is 6.61 Å². The van der Waals surface area contributed by atoms with Crippen LogP contribution in [0.2, 0.25) is 0 Å². The number of rotatable bonds is 8. The van der Waals surface area contributed by atoms with Gasteiger partial charge in [-0.15, -0.1) is 0 Å². The van der Waals surface area contributed by atoms with Gasteiger partial charge in [0.1, 0.15) is 17.2 Å². The summed E-state index contributed by atoms with van der Waals surface area (Å²) in [5.41, 5.74) is 0. The molecule has 0 amide bonds. The van der Waals surface area contributed by atoms with Crippen LogP contribution in [-0.4, -0.2) is 23.4 Å². The van der Waals surface area contributed by atoms with Gasteiger partial charge in [-0.05, 0) is 55.5 Å². The van der Waals surface area contributed by atoms with Crippen molar-refractivity contribution in [2.24, 2.45) is 0 Å². The average Bonchev–Trinajstić information content (AvgIpc) is 2.76. The Morgan fingerprint density at radius 2 is 1.33 bits per heavy atom. The lowest BCUT2D eigenvalue weighted by atomic mass is 10.3. The number of halogens is 1. The molecule has 6 heteroatoms. The van der Waals surface area contributed by atoms with Crippen LogP contribution in [0.4, 0.5) is 0 Å². The van der Waals surface area contributed by atoms with E-state index in [1.807, 2.05) is 48.5 Å². The molecular weight excluding hydrogens is 464 g/mol. The fourth-order valence-electron chi connectivity index (χ4n) is 2.70. The van der Waals surface area contributed by atoms with Crippen LogP contribution in [0.1, 0.15) is 13.3 Å². The SMILES string of the molecule is CC(Br)C(=O)OCCC(=O)Oc1ccc([S+](c2ccccc2)c2ccccc2)cc1. The quantitative estimate of drug-likeness (QED) is 0.185. The van der Waals surface area contributed by atoms with Crippen molar-refractivity contribution in [3.05, 3.63) is 84.9 Å². The fraction of sp³-hybridized carbons (Fsp3) is 0.167. The molecule has 0 N–H and O–H groups in total. The number of hydrogen-bond donors (Lipinski definition) is 0. The Morgan fingerprint density at radius 3 is 1.83 bits per heavy atom. The van der Waals surface area contributed by atoms with Gasteiger partial charge in [0.15, 0.2) is 14.7 Å². The highest BCUT2D eigenvalue weighted by atomic mass is 79.9. The van der Waals surface area contributed by atoms with Gasteiger partial charge in [0.05, 0.1) is 17.3 Å². The molecule has 0 aromatic heterocycles. The van der Waals surface area contributed by atoms with Crippen LogP contribution in [0.3, 0.4) is 0 Å². The maximum absolute atomic E-state index is 12.0. The molecule has 0 bridgehead atoms. The minimum Gasteiger partial charge on any atom is -0.464 e. The first-order valence-electron chi connectivity index (χ1n) is 9.50. The number of hydrogen-bond acceptors (Lipinski definition) is 4. The molecule has 0 heterocycles. The normalized spacial score (nSPS) is 11.7. The van der Waals surface area contributed by atoms with Gasteiger partial charge in [-0.25, -0.2) is 0 Å². The molecule has 0 saturated heterocycles. The molecular formula is C24H22BrO4S+. The topological polar surface area (TPSA) is 52.6 Å². The van der Waals surface area contributed by atoms with Crippen LogP contribution in [0, 0.1) is 0 Å². The van der Waals surface area contributed by atoms with Crippen molar-refractivity contribution in [2.45, 2.75) is 32.9 Å². The maximum Gasteiger partial charge on any atom is 0.319 e. The summed E-state index contributed by atoms with van der Waals surface area (Å²) >= 11 is 3.12. The third-order valence-electron chi connectivity index (χ3n) is 4.12. The number of carbonyl (C=O) groups excluding carboxylic acids is 2. The van der Waals surface area contributed by atoms with E-state index in [4.69, 9.17) is 9.47 Å². The Kier molecular flexibility index (Phi) is 8.11. The van der Waals surface area contributed by atoms with Gasteiger partial charge in [-0.1, -0.05) is 52.3 Å². The first kappa shape index (κ1) is 22.1. The van der Waals surface area contributed by atoms with Gasteiger partial charge in [0.25, 0.3) is 0 Å². The highest BCUT2D eigenvalue weighted by molar-refractivity contribution is 9.10. The molecule has 154 valence electrons. The number of carbonyl (C=O) groups is 2. The molecule has 0 aliphatic heterocycles. The molecule has 0 saturated carbocycles. The number of alkyl halides is 1. The average molecular weight is 486 g/mol. The molecule has 0 aliphatic carbocycles. The van der Waals surface area contributed by atoms with Crippen LogP contribution >= 0.6 is 15.9 Å². The molecule has 0 aliphatic rings. The maximum atomic E-state index is 12.0. The van der Waals surface area contributed by atoms with Crippen molar-refractivity contribution >= 4 is 38.8 Å². The summed E-state index contributed by atoms with van der Waals surface area (Å²) in [5, 5.41) is 0. The van der Waals surface area contributed by atoms with Gasteiger partial charge < -0.3 is 9.47 Å². The van der Waals surface area contributed by atoms with Crippen LogP contribution in [0.25, 0.3) is 0 Å². The van der Waals surface area contributed by atoms with Crippen molar-refractivity contribution in [3.8, 4) is 5.75 Å². The molecule has 0 fully saturated rings. The molecule has 3 aromatic carbocycles. The van der Waals surface area contributed by atoms with Crippen molar-refractivity contribution in [3.63, 3.8) is 0 Å². The van der Waals surface area contributed by atoms with Crippen molar-refractivity contribution in [1.29, 1.82) is 0 Å². The van der Waals surface area contributed by atoms with Gasteiger partial charge in [0, 0.05) is 0 Å². The van der Waals surface area contributed by atoms with E-state index in [1.165, 1.54) is 9.79 Å². The number of ether oxygens (including phenoxy) is 2. The summed E-state index contributed by atoms with van der Waals surface area (Å²) in [6.07, 6.45) is 0.00557. The van der Waals surface area contributed by atoms with Crippen LogP contribution in [0.5, 0.6) is 5.75 Å². The lowest BCUT2D eigenvalue weighted by Gasteiger charge is -2.09. The smallest absolute Gasteiger partial charge is 0.319 e. The fourth-order valence-corrected chi connectivity index (χ4v) is 4.91. The number of benzene rings is 3. The third kappa shape index (κ3) is 6.21. The van der Waals surface area contributed by atoms with E-state index in [1.54, 1.807) is 19.1 Å². The second-order valence-corrected chi connectivity index (χ2v) is 9.81. The molecule has 0 radical (unpaired) electrons. The van der Waals surface area contributed by atoms with E-state index in [2.05, 4.69) is 40.2 Å². The second-order valence-electron chi connectivity index (χ2n) is 6.41. The molecule has 3 aromatic rings. The highest BCUT2D eigenvalue weighted by Gasteiger charge is 2.28.